The van der Waals surface area contributed by atoms with E-state index in [2.05, 4.69) is 37.8 Å². The number of hydrogen-bond acceptors (Lipinski definition) is 6. The number of nitrogens with zero attached hydrogens (tertiary/aromatic N) is 3. The minimum atomic E-state index is -4.17. The maximum atomic E-state index is 13.6. The summed E-state index contributed by atoms with van der Waals surface area (Å²) in [4.78, 5) is 26.3. The Morgan fingerprint density at radius 1 is 1.11 bits per heavy atom. The van der Waals surface area contributed by atoms with Crippen molar-refractivity contribution >= 4 is 43.2 Å². The number of aryl methyl sites for hydroxylation is 1. The van der Waals surface area contributed by atoms with Gasteiger partial charge < -0.3 is 10.2 Å². The first kappa shape index (κ1) is 23.6. The van der Waals surface area contributed by atoms with Crippen LogP contribution in [0.4, 0.5) is 0 Å². The Kier molecular flexibility index (Phi) is 5.02. The van der Waals surface area contributed by atoms with E-state index in [0.29, 0.717) is 18.0 Å². The number of benzene rings is 2. The molecule has 0 bridgehead atoms. The molecule has 2 aromatic heterocycles. The third-order valence-electron chi connectivity index (χ3n) is 8.11. The van der Waals surface area contributed by atoms with Crippen molar-refractivity contribution in [3.05, 3.63) is 62.4 Å². The first-order valence-corrected chi connectivity index (χ1v) is 13.0. The molecule has 0 spiro atoms. The third kappa shape index (κ3) is 3.34. The van der Waals surface area contributed by atoms with E-state index in [-0.39, 0.29) is 41.3 Å². The van der Waals surface area contributed by atoms with Gasteiger partial charge in [-0.25, -0.2) is 13.2 Å². The van der Waals surface area contributed by atoms with Crippen LogP contribution in [0, 0.1) is 16.7 Å². The van der Waals surface area contributed by atoms with Crippen molar-refractivity contribution in [2.75, 3.05) is 0 Å². The van der Waals surface area contributed by atoms with Gasteiger partial charge >= 0.3 is 5.69 Å². The predicted molar refractivity (Wildman–Crippen MR) is 132 cm³/mol. The third-order valence-corrected chi connectivity index (χ3v) is 10.2. The van der Waals surface area contributed by atoms with Gasteiger partial charge in [0.25, 0.3) is 5.56 Å². The van der Waals surface area contributed by atoms with Gasteiger partial charge in [-0.1, -0.05) is 44.0 Å². The van der Waals surface area contributed by atoms with Gasteiger partial charge in [0.05, 0.1) is 37.4 Å². The number of halogens is 1. The van der Waals surface area contributed by atoms with Crippen LogP contribution in [0.5, 0.6) is 0 Å². The molecule has 2 aromatic carbocycles. The second-order valence-corrected chi connectivity index (χ2v) is 12.5. The van der Waals surface area contributed by atoms with Crippen LogP contribution in [0.3, 0.4) is 0 Å². The summed E-state index contributed by atoms with van der Waals surface area (Å²) >= 11 is 6.09. The average molecular weight is 517 g/mol. The fraction of sp³-hybridized carbons (Fsp3) is 0.375. The maximum absolute atomic E-state index is 13.6. The van der Waals surface area contributed by atoms with Gasteiger partial charge in [-0.3, -0.25) is 9.48 Å². The molecule has 0 radical (unpaired) electrons. The first-order valence-electron chi connectivity index (χ1n) is 11.2. The SMILES string of the molecule is CC1(C)C(CCn2ncc3ccc(S(=O)(=O)c4ccc(Cl)c5c(=O)n(O)c(=O)[nH]c45)cc32)C1(C)C. The van der Waals surface area contributed by atoms with Crippen LogP contribution in [0.15, 0.2) is 55.9 Å². The molecule has 4 aromatic rings. The van der Waals surface area contributed by atoms with Gasteiger partial charge in [0, 0.05) is 11.9 Å². The minimum Gasteiger partial charge on any atom is -0.421 e. The number of fused-ring (bicyclic) bond motifs is 2. The Hall–Kier alpha value is -3.11. The van der Waals surface area contributed by atoms with Crippen LogP contribution in [-0.2, 0) is 16.4 Å². The second-order valence-electron chi connectivity index (χ2n) is 10.2. The molecular formula is C24H25ClN4O5S. The molecule has 0 amide bonds. The van der Waals surface area contributed by atoms with Crippen LogP contribution >= 0.6 is 11.6 Å². The Morgan fingerprint density at radius 2 is 1.80 bits per heavy atom. The Morgan fingerprint density at radius 3 is 2.46 bits per heavy atom. The van der Waals surface area contributed by atoms with E-state index < -0.39 is 21.1 Å². The van der Waals surface area contributed by atoms with E-state index in [4.69, 9.17) is 11.6 Å². The highest BCUT2D eigenvalue weighted by atomic mass is 35.5. The quantitative estimate of drug-likeness (QED) is 0.388. The van der Waals surface area contributed by atoms with Crippen molar-refractivity contribution in [3.63, 3.8) is 0 Å². The smallest absolute Gasteiger partial charge is 0.362 e. The predicted octanol–water partition coefficient (Wildman–Crippen LogP) is 3.84. The van der Waals surface area contributed by atoms with E-state index in [9.17, 15) is 23.2 Å². The summed E-state index contributed by atoms with van der Waals surface area (Å²) in [5.41, 5.74) is -1.38. The lowest BCUT2D eigenvalue weighted by molar-refractivity contribution is 0.162. The largest absolute Gasteiger partial charge is 0.421 e. The topological polar surface area (TPSA) is 127 Å². The number of aromatic amines is 1. The Balaban J connectivity index is 1.59. The van der Waals surface area contributed by atoms with Crippen molar-refractivity contribution in [3.8, 4) is 0 Å². The molecule has 0 aliphatic heterocycles. The molecule has 11 heteroatoms. The van der Waals surface area contributed by atoms with Crippen molar-refractivity contribution in [1.82, 2.24) is 19.5 Å². The number of hydrogen-bond donors (Lipinski definition) is 2. The highest BCUT2D eigenvalue weighted by molar-refractivity contribution is 7.91. The maximum Gasteiger partial charge on any atom is 0.362 e. The number of sulfone groups is 1. The van der Waals surface area contributed by atoms with Gasteiger partial charge in [-0.2, -0.15) is 5.10 Å². The van der Waals surface area contributed by atoms with Crippen molar-refractivity contribution in [2.45, 2.75) is 50.5 Å². The zero-order valence-corrected chi connectivity index (χ0v) is 21.2. The highest BCUT2D eigenvalue weighted by Gasteiger charge is 2.63. The molecule has 0 atom stereocenters. The fourth-order valence-electron chi connectivity index (χ4n) is 5.30. The molecule has 184 valence electrons. The normalized spacial score (nSPS) is 17.3. The zero-order chi connectivity index (χ0) is 25.5. The molecule has 5 rings (SSSR count). The average Bonchev–Trinajstić information content (AvgIpc) is 3.05. The molecule has 1 saturated carbocycles. The summed E-state index contributed by atoms with van der Waals surface area (Å²) in [5.74, 6) is 0.536. The van der Waals surface area contributed by atoms with Crippen molar-refractivity contribution in [1.29, 1.82) is 0 Å². The van der Waals surface area contributed by atoms with Gasteiger partial charge in [0.2, 0.25) is 9.84 Å². The van der Waals surface area contributed by atoms with E-state index in [1.807, 2.05) is 4.68 Å². The summed E-state index contributed by atoms with van der Waals surface area (Å²) in [5, 5.41) is 14.5. The zero-order valence-electron chi connectivity index (χ0n) is 19.7. The van der Waals surface area contributed by atoms with Gasteiger partial charge in [0.1, 0.15) is 0 Å². The summed E-state index contributed by atoms with van der Waals surface area (Å²) < 4.78 is 28.9. The minimum absolute atomic E-state index is 0.0171. The number of H-pyrrole nitrogens is 1. The first-order chi connectivity index (χ1) is 16.3. The van der Waals surface area contributed by atoms with E-state index in [0.717, 1.165) is 11.8 Å². The van der Waals surface area contributed by atoms with Crippen molar-refractivity contribution < 1.29 is 13.6 Å². The van der Waals surface area contributed by atoms with Crippen molar-refractivity contribution in [2.24, 2.45) is 16.7 Å². The molecule has 1 aliphatic carbocycles. The van der Waals surface area contributed by atoms with E-state index in [1.54, 1.807) is 18.3 Å². The fourth-order valence-corrected chi connectivity index (χ4v) is 6.98. The standard InChI is InChI=1S/C24H25ClN4O5S/c1-23(2)18(24(23,3)4)9-10-28-16-11-14(6-5-13(16)12-26-28)35(33,34)17-8-7-15(25)19-20(17)27-22(31)29(32)21(19)30/h5-8,11-12,18,32H,9-10H2,1-4H3,(H,27,31). The molecule has 9 nitrogen and oxygen atoms in total. The van der Waals surface area contributed by atoms with Crippen LogP contribution < -0.4 is 11.2 Å². The lowest BCUT2D eigenvalue weighted by Crippen LogP contribution is -2.33. The Bertz CT molecular complexity index is 1730. The number of rotatable bonds is 5. The molecule has 35 heavy (non-hydrogen) atoms. The van der Waals surface area contributed by atoms with Gasteiger partial charge in [0.15, 0.2) is 0 Å². The van der Waals surface area contributed by atoms with E-state index in [1.165, 1.54) is 18.2 Å². The van der Waals surface area contributed by atoms with Crippen LogP contribution in [0.1, 0.15) is 34.1 Å². The van der Waals surface area contributed by atoms with Gasteiger partial charge in [-0.15, -0.1) is 0 Å². The molecule has 1 fully saturated rings. The van der Waals surface area contributed by atoms with Crippen LogP contribution in [-0.4, -0.2) is 33.1 Å². The van der Waals surface area contributed by atoms with E-state index >= 15 is 0 Å². The molecule has 1 aliphatic rings. The summed E-state index contributed by atoms with van der Waals surface area (Å²) in [6, 6.07) is 7.17. The summed E-state index contributed by atoms with van der Waals surface area (Å²) in [6.07, 6.45) is 2.62. The summed E-state index contributed by atoms with van der Waals surface area (Å²) in [6.45, 7) is 9.69. The highest BCUT2D eigenvalue weighted by Crippen LogP contribution is 2.69. The lowest BCUT2D eigenvalue weighted by Gasteiger charge is -2.10. The van der Waals surface area contributed by atoms with Gasteiger partial charge in [-0.05, 0) is 53.5 Å². The van der Waals surface area contributed by atoms with Crippen LogP contribution in [0.25, 0.3) is 21.8 Å². The van der Waals surface area contributed by atoms with Crippen LogP contribution in [0.2, 0.25) is 5.02 Å². The number of aromatic nitrogens is 4. The second kappa shape index (κ2) is 7.44. The molecule has 2 N–H and O–H groups in total. The molecular weight excluding hydrogens is 492 g/mol. The molecule has 0 unspecified atom stereocenters. The lowest BCUT2D eigenvalue weighted by atomic mass is 10.0. The number of nitrogens with one attached hydrogen (secondary N) is 1. The molecule has 2 heterocycles. The molecule has 0 saturated heterocycles. The summed E-state index contributed by atoms with van der Waals surface area (Å²) in [7, 11) is -4.17. The monoisotopic (exact) mass is 516 g/mol. The Labute approximate surface area is 205 Å².